The van der Waals surface area contributed by atoms with Gasteiger partial charge in [0.1, 0.15) is 5.56 Å². The fraction of sp³-hybridized carbons (Fsp3) is 0.429. The fourth-order valence-electron chi connectivity index (χ4n) is 2.01. The lowest BCUT2D eigenvalue weighted by Crippen LogP contribution is -2.36. The molecule has 1 fully saturated rings. The molecule has 0 bridgehead atoms. The van der Waals surface area contributed by atoms with Gasteiger partial charge in [-0.15, -0.1) is 0 Å². The third-order valence-electron chi connectivity index (χ3n) is 3.31. The molecule has 0 heterocycles. The summed E-state index contributed by atoms with van der Waals surface area (Å²) in [6.45, 7) is 3.20. The SMILES string of the molecule is CCN(CC1CC1)C(=O)Nc1cccc(Cl)c1C(=O)O. The van der Waals surface area contributed by atoms with Gasteiger partial charge in [-0.25, -0.2) is 9.59 Å². The van der Waals surface area contributed by atoms with E-state index in [1.165, 1.54) is 12.1 Å². The molecule has 1 saturated carbocycles. The average molecular weight is 297 g/mol. The van der Waals surface area contributed by atoms with E-state index in [9.17, 15) is 9.59 Å². The number of carbonyl (C=O) groups is 2. The molecule has 0 saturated heterocycles. The van der Waals surface area contributed by atoms with E-state index in [1.807, 2.05) is 6.92 Å². The summed E-state index contributed by atoms with van der Waals surface area (Å²) >= 11 is 5.87. The van der Waals surface area contributed by atoms with Crippen LogP contribution in [0.15, 0.2) is 18.2 Å². The summed E-state index contributed by atoms with van der Waals surface area (Å²) in [6, 6.07) is 4.35. The number of halogens is 1. The number of rotatable bonds is 5. The molecule has 1 aliphatic carbocycles. The van der Waals surface area contributed by atoms with E-state index >= 15 is 0 Å². The quantitative estimate of drug-likeness (QED) is 0.876. The second-order valence-electron chi connectivity index (χ2n) is 4.88. The predicted octanol–water partition coefficient (Wildman–Crippen LogP) is 3.30. The smallest absolute Gasteiger partial charge is 0.339 e. The normalized spacial score (nSPS) is 13.9. The van der Waals surface area contributed by atoms with Crippen molar-refractivity contribution < 1.29 is 14.7 Å². The second kappa shape index (κ2) is 6.13. The van der Waals surface area contributed by atoms with Crippen LogP contribution in [0.3, 0.4) is 0 Å². The van der Waals surface area contributed by atoms with Gasteiger partial charge in [-0.2, -0.15) is 0 Å². The van der Waals surface area contributed by atoms with Crippen LogP contribution in [-0.4, -0.2) is 35.1 Å². The molecule has 0 aromatic heterocycles. The molecule has 2 amide bonds. The Hall–Kier alpha value is -1.75. The van der Waals surface area contributed by atoms with Crippen molar-refractivity contribution in [1.29, 1.82) is 0 Å². The van der Waals surface area contributed by atoms with E-state index in [0.717, 1.165) is 12.8 Å². The maximum Gasteiger partial charge on any atom is 0.339 e. The first-order chi connectivity index (χ1) is 9.52. The average Bonchev–Trinajstić information content (AvgIpc) is 3.19. The van der Waals surface area contributed by atoms with Crippen LogP contribution in [0.5, 0.6) is 0 Å². The van der Waals surface area contributed by atoms with Crippen molar-refractivity contribution in [2.45, 2.75) is 19.8 Å². The highest BCUT2D eigenvalue weighted by Crippen LogP contribution is 2.30. The minimum absolute atomic E-state index is 0.0787. The lowest BCUT2D eigenvalue weighted by Gasteiger charge is -2.21. The van der Waals surface area contributed by atoms with Gasteiger partial charge < -0.3 is 15.3 Å². The molecule has 108 valence electrons. The number of nitrogens with zero attached hydrogens (tertiary/aromatic N) is 1. The molecule has 1 aromatic carbocycles. The first-order valence-electron chi connectivity index (χ1n) is 6.60. The number of benzene rings is 1. The molecule has 1 aliphatic rings. The Morgan fingerprint density at radius 3 is 2.70 bits per heavy atom. The van der Waals surface area contributed by atoms with E-state index in [1.54, 1.807) is 11.0 Å². The number of hydrogen-bond acceptors (Lipinski definition) is 2. The number of hydrogen-bond donors (Lipinski definition) is 2. The number of amides is 2. The van der Waals surface area contributed by atoms with Crippen LogP contribution in [0.2, 0.25) is 5.02 Å². The van der Waals surface area contributed by atoms with Gasteiger partial charge in [-0.05, 0) is 37.8 Å². The summed E-state index contributed by atoms with van der Waals surface area (Å²) in [5.74, 6) is -0.574. The molecule has 0 radical (unpaired) electrons. The van der Waals surface area contributed by atoms with Gasteiger partial charge in [0.15, 0.2) is 0 Å². The van der Waals surface area contributed by atoms with Crippen LogP contribution < -0.4 is 5.32 Å². The fourth-order valence-corrected chi connectivity index (χ4v) is 2.26. The lowest BCUT2D eigenvalue weighted by atomic mass is 10.2. The molecule has 0 aliphatic heterocycles. The number of carboxylic acid groups (broad SMARTS) is 1. The summed E-state index contributed by atoms with van der Waals surface area (Å²) in [5, 5.41) is 11.9. The van der Waals surface area contributed by atoms with Crippen molar-refractivity contribution in [2.75, 3.05) is 18.4 Å². The maximum atomic E-state index is 12.2. The van der Waals surface area contributed by atoms with Gasteiger partial charge in [-0.3, -0.25) is 0 Å². The van der Waals surface area contributed by atoms with E-state index in [4.69, 9.17) is 16.7 Å². The predicted molar refractivity (Wildman–Crippen MR) is 77.4 cm³/mol. The Bertz CT molecular complexity index is 529. The zero-order valence-corrected chi connectivity index (χ0v) is 12.0. The monoisotopic (exact) mass is 296 g/mol. The van der Waals surface area contributed by atoms with Crippen LogP contribution in [0, 0.1) is 5.92 Å². The molecule has 20 heavy (non-hydrogen) atoms. The molecule has 0 atom stereocenters. The Kier molecular flexibility index (Phi) is 4.49. The van der Waals surface area contributed by atoms with Crippen LogP contribution in [0.25, 0.3) is 0 Å². The van der Waals surface area contributed by atoms with Crippen molar-refractivity contribution >= 4 is 29.3 Å². The number of urea groups is 1. The summed E-state index contributed by atoms with van der Waals surface area (Å²) in [5.41, 5.74) is 0.147. The van der Waals surface area contributed by atoms with E-state index in [2.05, 4.69) is 5.32 Å². The van der Waals surface area contributed by atoms with Crippen molar-refractivity contribution in [3.63, 3.8) is 0 Å². The molecular weight excluding hydrogens is 280 g/mol. The molecule has 1 aromatic rings. The van der Waals surface area contributed by atoms with Gasteiger partial charge in [0.2, 0.25) is 0 Å². The maximum absolute atomic E-state index is 12.2. The van der Waals surface area contributed by atoms with E-state index < -0.39 is 5.97 Å². The number of nitrogens with one attached hydrogen (secondary N) is 1. The summed E-state index contributed by atoms with van der Waals surface area (Å²) in [6.07, 6.45) is 2.31. The number of aromatic carboxylic acids is 1. The molecule has 2 rings (SSSR count). The first-order valence-corrected chi connectivity index (χ1v) is 6.98. The number of carbonyl (C=O) groups excluding carboxylic acids is 1. The Morgan fingerprint density at radius 2 is 2.15 bits per heavy atom. The highest BCUT2D eigenvalue weighted by Gasteiger charge is 2.26. The van der Waals surface area contributed by atoms with Crippen molar-refractivity contribution in [1.82, 2.24) is 4.90 Å². The standard InChI is InChI=1S/C14H17ClN2O3/c1-2-17(8-9-6-7-9)14(20)16-11-5-3-4-10(15)12(11)13(18)19/h3-5,9H,2,6-8H2,1H3,(H,16,20)(H,18,19). The van der Waals surface area contributed by atoms with Gasteiger partial charge >= 0.3 is 12.0 Å². The first kappa shape index (κ1) is 14.7. The molecule has 5 nitrogen and oxygen atoms in total. The van der Waals surface area contributed by atoms with E-state index in [0.29, 0.717) is 19.0 Å². The third-order valence-corrected chi connectivity index (χ3v) is 3.63. The molecule has 6 heteroatoms. The lowest BCUT2D eigenvalue weighted by molar-refractivity contribution is 0.0698. The molecule has 0 unspecified atom stereocenters. The van der Waals surface area contributed by atoms with Gasteiger partial charge in [0, 0.05) is 13.1 Å². The molecule has 0 spiro atoms. The highest BCUT2D eigenvalue weighted by atomic mass is 35.5. The van der Waals surface area contributed by atoms with Crippen LogP contribution in [0.1, 0.15) is 30.1 Å². The van der Waals surface area contributed by atoms with Crippen molar-refractivity contribution in [2.24, 2.45) is 5.92 Å². The van der Waals surface area contributed by atoms with Crippen LogP contribution >= 0.6 is 11.6 Å². The summed E-state index contributed by atoms with van der Waals surface area (Å²) in [4.78, 5) is 25.1. The summed E-state index contributed by atoms with van der Waals surface area (Å²) < 4.78 is 0. The summed E-state index contributed by atoms with van der Waals surface area (Å²) in [7, 11) is 0. The van der Waals surface area contributed by atoms with Crippen LogP contribution in [-0.2, 0) is 0 Å². The van der Waals surface area contributed by atoms with Gasteiger partial charge in [-0.1, -0.05) is 17.7 Å². The number of anilines is 1. The zero-order chi connectivity index (χ0) is 14.7. The van der Waals surface area contributed by atoms with Gasteiger partial charge in [0.25, 0.3) is 0 Å². The van der Waals surface area contributed by atoms with Gasteiger partial charge in [0.05, 0.1) is 10.7 Å². The molecular formula is C14H17ClN2O3. The number of carboxylic acids is 1. The third kappa shape index (κ3) is 3.42. The Morgan fingerprint density at radius 1 is 1.45 bits per heavy atom. The van der Waals surface area contributed by atoms with Crippen molar-refractivity contribution in [3.05, 3.63) is 28.8 Å². The largest absolute Gasteiger partial charge is 0.478 e. The Balaban J connectivity index is 2.13. The topological polar surface area (TPSA) is 69.6 Å². The van der Waals surface area contributed by atoms with E-state index in [-0.39, 0.29) is 22.3 Å². The Labute approximate surface area is 122 Å². The highest BCUT2D eigenvalue weighted by molar-refractivity contribution is 6.34. The zero-order valence-electron chi connectivity index (χ0n) is 11.2. The minimum atomic E-state index is -1.16. The minimum Gasteiger partial charge on any atom is -0.478 e. The van der Waals surface area contributed by atoms with Crippen LogP contribution in [0.4, 0.5) is 10.5 Å². The molecule has 2 N–H and O–H groups in total. The second-order valence-corrected chi connectivity index (χ2v) is 5.29. The van der Waals surface area contributed by atoms with Crippen molar-refractivity contribution in [3.8, 4) is 0 Å².